The van der Waals surface area contributed by atoms with Gasteiger partial charge in [0, 0.05) is 7.11 Å². The number of Topliss-reactive ketones (excluding diaryl/α,β-unsaturated/α-hetero) is 1. The van der Waals surface area contributed by atoms with Gasteiger partial charge in [-0.3, -0.25) is 4.79 Å². The lowest BCUT2D eigenvalue weighted by atomic mass is 9.44. The number of methoxy groups -OCH3 is 1. The van der Waals surface area contributed by atoms with E-state index in [0.29, 0.717) is 11.3 Å². The Balaban J connectivity index is 1.68. The lowest BCUT2D eigenvalue weighted by Crippen LogP contribution is -2.57. The third-order valence-corrected chi connectivity index (χ3v) is 11.8. The minimum Gasteiger partial charge on any atom is -0.379 e. The standard InChI is InChI=1S/C23H37BrO2/c1-14-8-10-21(3)16(12-14)6-7-17-18(21)9-11-22(4)19(17)13-20(26-5)23(22,24)15(2)25/h14,16-20H,6-13H2,1-5H3/t14-,16-,17+,18-,19-,20-,21-,22-,23+/m0/s1. The number of rotatable bonds is 2. The average Bonchev–Trinajstić information content (AvgIpc) is 2.84. The summed E-state index contributed by atoms with van der Waals surface area (Å²) in [5, 5.41) is 0. The van der Waals surface area contributed by atoms with E-state index < -0.39 is 4.32 Å². The molecule has 0 unspecified atom stereocenters. The van der Waals surface area contributed by atoms with E-state index >= 15 is 0 Å². The first-order valence-electron chi connectivity index (χ1n) is 10.9. The van der Waals surface area contributed by atoms with Gasteiger partial charge >= 0.3 is 0 Å². The van der Waals surface area contributed by atoms with E-state index in [1.54, 1.807) is 14.0 Å². The summed E-state index contributed by atoms with van der Waals surface area (Å²) >= 11 is 3.97. The molecule has 2 nitrogen and oxygen atoms in total. The summed E-state index contributed by atoms with van der Waals surface area (Å²) in [5.74, 6) is 4.35. The van der Waals surface area contributed by atoms with Crippen molar-refractivity contribution in [1.29, 1.82) is 0 Å². The number of alkyl halides is 1. The molecule has 4 rings (SSSR count). The van der Waals surface area contributed by atoms with Gasteiger partial charge in [0.15, 0.2) is 0 Å². The summed E-state index contributed by atoms with van der Waals surface area (Å²) in [7, 11) is 1.79. The van der Waals surface area contributed by atoms with Gasteiger partial charge in [-0.25, -0.2) is 0 Å². The van der Waals surface area contributed by atoms with Crippen LogP contribution in [0.15, 0.2) is 0 Å². The highest BCUT2D eigenvalue weighted by Crippen LogP contribution is 2.70. The van der Waals surface area contributed by atoms with E-state index in [-0.39, 0.29) is 17.3 Å². The molecule has 4 saturated carbocycles. The van der Waals surface area contributed by atoms with Gasteiger partial charge in [-0.1, -0.05) is 43.1 Å². The fourth-order valence-electron chi connectivity index (χ4n) is 8.33. The molecule has 0 radical (unpaired) electrons. The second kappa shape index (κ2) is 6.31. The number of hydrogen-bond acceptors (Lipinski definition) is 2. The molecule has 26 heavy (non-hydrogen) atoms. The van der Waals surface area contributed by atoms with Gasteiger partial charge in [0.25, 0.3) is 0 Å². The monoisotopic (exact) mass is 424 g/mol. The van der Waals surface area contributed by atoms with E-state index in [1.807, 2.05) is 0 Å². The number of halogens is 1. The van der Waals surface area contributed by atoms with E-state index in [2.05, 4.69) is 36.7 Å². The Morgan fingerprint density at radius 3 is 2.42 bits per heavy atom. The van der Waals surface area contributed by atoms with Crippen LogP contribution in [0.1, 0.15) is 79.1 Å². The molecule has 0 aromatic heterocycles. The molecule has 0 heterocycles. The van der Waals surface area contributed by atoms with E-state index in [4.69, 9.17) is 4.74 Å². The van der Waals surface area contributed by atoms with Crippen LogP contribution in [0.3, 0.4) is 0 Å². The molecular formula is C23H37BrO2. The Kier molecular flexibility index (Phi) is 4.71. The molecule has 0 aromatic carbocycles. The minimum atomic E-state index is -0.497. The lowest BCUT2D eigenvalue weighted by molar-refractivity contribution is -0.132. The van der Waals surface area contributed by atoms with Crippen molar-refractivity contribution >= 4 is 21.7 Å². The first-order valence-corrected chi connectivity index (χ1v) is 11.7. The first-order chi connectivity index (χ1) is 12.2. The molecule has 0 aromatic rings. The highest BCUT2D eigenvalue weighted by Gasteiger charge is 2.69. The molecule has 4 aliphatic carbocycles. The summed E-state index contributed by atoms with van der Waals surface area (Å²) in [5.41, 5.74) is 0.568. The number of ether oxygens (including phenoxy) is 1. The Labute approximate surface area is 168 Å². The van der Waals surface area contributed by atoms with E-state index in [0.717, 1.165) is 30.1 Å². The molecule has 0 saturated heterocycles. The van der Waals surface area contributed by atoms with Crippen LogP contribution in [0.5, 0.6) is 0 Å². The predicted molar refractivity (Wildman–Crippen MR) is 109 cm³/mol. The molecule has 0 spiro atoms. The molecule has 9 atom stereocenters. The maximum Gasteiger partial charge on any atom is 0.149 e. The molecule has 0 bridgehead atoms. The molecule has 3 heteroatoms. The van der Waals surface area contributed by atoms with Crippen molar-refractivity contribution in [3.05, 3.63) is 0 Å². The van der Waals surface area contributed by atoms with Crippen molar-refractivity contribution in [2.24, 2.45) is 40.4 Å². The maximum absolute atomic E-state index is 12.8. The maximum atomic E-state index is 12.8. The highest BCUT2D eigenvalue weighted by molar-refractivity contribution is 9.10. The first kappa shape index (κ1) is 19.4. The second-order valence-corrected chi connectivity index (χ2v) is 12.0. The van der Waals surface area contributed by atoms with Gasteiger partial charge in [0.1, 0.15) is 10.1 Å². The molecule has 148 valence electrons. The number of fused-ring (bicyclic) bond motifs is 5. The van der Waals surface area contributed by atoms with Crippen LogP contribution >= 0.6 is 15.9 Å². The minimum absolute atomic E-state index is 0.0191. The summed E-state index contributed by atoms with van der Waals surface area (Å²) < 4.78 is 5.41. The van der Waals surface area contributed by atoms with Crippen LogP contribution in [-0.4, -0.2) is 23.3 Å². The van der Waals surface area contributed by atoms with Crippen molar-refractivity contribution in [1.82, 2.24) is 0 Å². The van der Waals surface area contributed by atoms with Gasteiger partial charge in [0.05, 0.1) is 6.10 Å². The molecule has 0 N–H and O–H groups in total. The van der Waals surface area contributed by atoms with Crippen LogP contribution in [0.4, 0.5) is 0 Å². The molecule has 0 amide bonds. The van der Waals surface area contributed by atoms with Crippen LogP contribution in [-0.2, 0) is 9.53 Å². The lowest BCUT2D eigenvalue weighted by Gasteiger charge is -2.61. The number of carbonyl (C=O) groups excluding carboxylic acids is 1. The predicted octanol–water partition coefficient (Wildman–Crippen LogP) is 6.01. The SMILES string of the molecule is CO[C@H]1C[C@H]2[C@@H]3CC[C@H]4C[C@@H](C)CC[C@]4(C)[C@H]3CC[C@]2(C)[C@@]1(Br)C(C)=O. The summed E-state index contributed by atoms with van der Waals surface area (Å²) in [6.45, 7) is 9.23. The van der Waals surface area contributed by atoms with Crippen molar-refractivity contribution in [2.75, 3.05) is 7.11 Å². The summed E-state index contributed by atoms with van der Waals surface area (Å²) in [6, 6.07) is 0. The zero-order valence-corrected chi connectivity index (χ0v) is 18.9. The van der Waals surface area contributed by atoms with Crippen LogP contribution < -0.4 is 0 Å². The molecule has 4 fully saturated rings. The zero-order chi connectivity index (χ0) is 18.9. The van der Waals surface area contributed by atoms with Crippen LogP contribution in [0.2, 0.25) is 0 Å². The highest BCUT2D eigenvalue weighted by atomic mass is 79.9. The Hall–Kier alpha value is 0.110. The number of carbonyl (C=O) groups is 1. The van der Waals surface area contributed by atoms with Crippen molar-refractivity contribution in [3.63, 3.8) is 0 Å². The van der Waals surface area contributed by atoms with Crippen LogP contribution in [0.25, 0.3) is 0 Å². The fourth-order valence-corrected chi connectivity index (χ4v) is 9.19. The smallest absolute Gasteiger partial charge is 0.149 e. The van der Waals surface area contributed by atoms with E-state index in [9.17, 15) is 4.79 Å². The Morgan fingerprint density at radius 2 is 1.77 bits per heavy atom. The van der Waals surface area contributed by atoms with E-state index in [1.165, 1.54) is 44.9 Å². The zero-order valence-electron chi connectivity index (χ0n) is 17.3. The third-order valence-electron chi connectivity index (χ3n) is 9.86. The van der Waals surface area contributed by atoms with Gasteiger partial charge in [-0.15, -0.1) is 0 Å². The summed E-state index contributed by atoms with van der Waals surface area (Å²) in [6.07, 6.45) is 10.6. The molecule has 0 aliphatic heterocycles. The number of ketones is 1. The Morgan fingerprint density at radius 1 is 1.04 bits per heavy atom. The van der Waals surface area contributed by atoms with Gasteiger partial charge < -0.3 is 4.74 Å². The van der Waals surface area contributed by atoms with Crippen LogP contribution in [0, 0.1) is 40.4 Å². The average molecular weight is 425 g/mol. The molecule has 4 aliphatic rings. The number of hydrogen-bond donors (Lipinski definition) is 0. The largest absolute Gasteiger partial charge is 0.379 e. The van der Waals surface area contributed by atoms with Gasteiger partial charge in [-0.2, -0.15) is 0 Å². The van der Waals surface area contributed by atoms with Gasteiger partial charge in [-0.05, 0) is 92.3 Å². The van der Waals surface area contributed by atoms with Crippen molar-refractivity contribution in [2.45, 2.75) is 89.5 Å². The quantitative estimate of drug-likeness (QED) is 0.506. The fraction of sp³-hybridized carbons (Fsp3) is 0.957. The normalized spacial score (nSPS) is 56.4. The second-order valence-electron chi connectivity index (χ2n) is 10.7. The third kappa shape index (κ3) is 2.34. The topological polar surface area (TPSA) is 26.3 Å². The molecular weight excluding hydrogens is 388 g/mol. The Bertz CT molecular complexity index is 591. The summed E-state index contributed by atoms with van der Waals surface area (Å²) in [4.78, 5) is 12.8. The van der Waals surface area contributed by atoms with Crippen molar-refractivity contribution < 1.29 is 9.53 Å². The van der Waals surface area contributed by atoms with Gasteiger partial charge in [0.2, 0.25) is 0 Å². The van der Waals surface area contributed by atoms with Crippen molar-refractivity contribution in [3.8, 4) is 0 Å².